The molecule has 4 atom stereocenters. The standard InChI is InChI=1S/C30H37N7O4.C2H6/c1-19-14-24(36-41-19)30(18-33-29(38)40-17-21-8-4-3-5-9-21)22-11-12-37(16-23(22)30)25-15-32-27(20(2)31)28(34-25)35-26-10-6-7-13-39-26;1-2/h3-5,8-9,14-15,22-23,26,31H,6-7,10-13,16-18H2,1-2H3,(H,33,38)(H,34,35);1-2H3. The normalized spacial score (nSPS) is 24.2. The van der Waals surface area contributed by atoms with Crippen molar-refractivity contribution in [3.05, 3.63) is 65.3 Å². The van der Waals surface area contributed by atoms with Crippen LogP contribution in [0.5, 0.6) is 0 Å². The number of ether oxygens (including phenoxy) is 2. The molecular formula is C32H43N7O4. The molecule has 2 aromatic heterocycles. The van der Waals surface area contributed by atoms with Crippen LogP contribution in [0.15, 0.2) is 47.1 Å². The molecule has 0 spiro atoms. The highest BCUT2D eigenvalue weighted by atomic mass is 16.5. The van der Waals surface area contributed by atoms with Crippen molar-refractivity contribution in [2.24, 2.45) is 11.8 Å². The number of hydrogen-bond donors (Lipinski definition) is 3. The van der Waals surface area contributed by atoms with Crippen LogP contribution in [-0.2, 0) is 21.5 Å². The number of rotatable bonds is 9. The lowest BCUT2D eigenvalue weighted by atomic mass is 9.96. The van der Waals surface area contributed by atoms with Crippen molar-refractivity contribution in [3.8, 4) is 0 Å². The van der Waals surface area contributed by atoms with Crippen molar-refractivity contribution in [2.75, 3.05) is 36.5 Å². The van der Waals surface area contributed by atoms with Crippen LogP contribution in [0.1, 0.15) is 69.2 Å². The molecule has 3 aromatic rings. The Kier molecular flexibility index (Phi) is 9.59. The van der Waals surface area contributed by atoms with Crippen LogP contribution in [0.4, 0.5) is 16.4 Å². The van der Waals surface area contributed by atoms with E-state index in [1.54, 1.807) is 13.1 Å². The number of hydrogen-bond acceptors (Lipinski definition) is 10. The molecule has 2 aliphatic heterocycles. The lowest BCUT2D eigenvalue weighted by Gasteiger charge is -2.29. The smallest absolute Gasteiger partial charge is 0.407 e. The van der Waals surface area contributed by atoms with E-state index in [0.717, 1.165) is 68.2 Å². The molecule has 1 saturated carbocycles. The number of fused-ring (bicyclic) bond motifs is 1. The maximum atomic E-state index is 12.7. The van der Waals surface area contributed by atoms with Crippen LogP contribution in [0, 0.1) is 24.2 Å². The first-order valence-corrected chi connectivity index (χ1v) is 15.4. The van der Waals surface area contributed by atoms with Crippen molar-refractivity contribution >= 4 is 23.4 Å². The number of carbonyl (C=O) groups excluding carboxylic acids is 1. The summed E-state index contributed by atoms with van der Waals surface area (Å²) in [6, 6.07) is 11.6. The summed E-state index contributed by atoms with van der Waals surface area (Å²) in [6.07, 6.45) is 5.15. The van der Waals surface area contributed by atoms with Gasteiger partial charge in [-0.15, -0.1) is 0 Å². The number of piperidine rings is 1. The average Bonchev–Trinajstić information content (AvgIpc) is 3.47. The summed E-state index contributed by atoms with van der Waals surface area (Å²) in [5, 5.41) is 19.0. The molecule has 3 aliphatic rings. The van der Waals surface area contributed by atoms with Gasteiger partial charge in [-0.2, -0.15) is 0 Å². The van der Waals surface area contributed by atoms with E-state index in [1.807, 2.05) is 57.2 Å². The Morgan fingerprint density at radius 2 is 2.00 bits per heavy atom. The number of benzene rings is 1. The molecule has 11 nitrogen and oxygen atoms in total. The second kappa shape index (κ2) is 13.5. The zero-order chi connectivity index (χ0) is 30.4. The first-order valence-electron chi connectivity index (χ1n) is 15.4. The third-order valence-corrected chi connectivity index (χ3v) is 8.59. The zero-order valence-corrected chi connectivity index (χ0v) is 25.6. The molecule has 1 aromatic carbocycles. The summed E-state index contributed by atoms with van der Waals surface area (Å²) >= 11 is 0. The number of nitrogens with one attached hydrogen (secondary N) is 3. The van der Waals surface area contributed by atoms with E-state index in [2.05, 4.69) is 25.7 Å². The lowest BCUT2D eigenvalue weighted by Crippen LogP contribution is -2.36. The van der Waals surface area contributed by atoms with E-state index in [0.29, 0.717) is 29.7 Å². The van der Waals surface area contributed by atoms with Crippen LogP contribution in [0.25, 0.3) is 0 Å². The van der Waals surface area contributed by atoms with Gasteiger partial charge in [0, 0.05) is 37.7 Å². The molecule has 1 aliphatic carbocycles. The minimum Gasteiger partial charge on any atom is -0.445 e. The second-order valence-electron chi connectivity index (χ2n) is 11.3. The highest BCUT2D eigenvalue weighted by molar-refractivity contribution is 5.98. The van der Waals surface area contributed by atoms with E-state index in [9.17, 15) is 4.79 Å². The first-order chi connectivity index (χ1) is 20.9. The van der Waals surface area contributed by atoms with Gasteiger partial charge in [-0.05, 0) is 56.9 Å². The van der Waals surface area contributed by atoms with Gasteiger partial charge in [0.05, 0.1) is 17.6 Å². The monoisotopic (exact) mass is 589 g/mol. The quantitative estimate of drug-likeness (QED) is 0.278. The molecule has 4 heterocycles. The van der Waals surface area contributed by atoms with Gasteiger partial charge in [0.2, 0.25) is 0 Å². The Balaban J connectivity index is 0.00000180. The number of aryl methyl sites for hydroxylation is 1. The maximum Gasteiger partial charge on any atom is 0.407 e. The summed E-state index contributed by atoms with van der Waals surface area (Å²) in [4.78, 5) is 24.4. The molecule has 4 unspecified atom stereocenters. The van der Waals surface area contributed by atoms with Gasteiger partial charge in [0.25, 0.3) is 0 Å². The Morgan fingerprint density at radius 1 is 1.19 bits per heavy atom. The molecule has 43 heavy (non-hydrogen) atoms. The number of anilines is 2. The minimum atomic E-state index is -0.446. The van der Waals surface area contributed by atoms with Gasteiger partial charge in [-0.1, -0.05) is 49.3 Å². The van der Waals surface area contributed by atoms with E-state index in [4.69, 9.17) is 24.4 Å². The van der Waals surface area contributed by atoms with Gasteiger partial charge >= 0.3 is 6.09 Å². The van der Waals surface area contributed by atoms with Crippen LogP contribution in [-0.4, -0.2) is 59.4 Å². The number of alkyl carbamates (subject to hydrolysis) is 1. The molecule has 3 fully saturated rings. The Bertz CT molecular complexity index is 1390. The topological polar surface area (TPSA) is 138 Å². The number of aromatic nitrogens is 3. The molecule has 0 radical (unpaired) electrons. The van der Waals surface area contributed by atoms with Crippen LogP contribution < -0.4 is 15.5 Å². The molecule has 0 bridgehead atoms. The van der Waals surface area contributed by atoms with Gasteiger partial charge in [0.1, 0.15) is 30.1 Å². The van der Waals surface area contributed by atoms with E-state index in [1.165, 1.54) is 0 Å². The average molecular weight is 590 g/mol. The zero-order valence-electron chi connectivity index (χ0n) is 25.6. The molecule has 11 heteroatoms. The summed E-state index contributed by atoms with van der Waals surface area (Å²) < 4.78 is 16.8. The minimum absolute atomic E-state index is 0.128. The first kappa shape index (κ1) is 30.5. The summed E-state index contributed by atoms with van der Waals surface area (Å²) in [7, 11) is 0. The Morgan fingerprint density at radius 3 is 2.70 bits per heavy atom. The van der Waals surface area contributed by atoms with Gasteiger partial charge in [-0.25, -0.2) is 14.8 Å². The largest absolute Gasteiger partial charge is 0.445 e. The van der Waals surface area contributed by atoms with Gasteiger partial charge in [0.15, 0.2) is 5.82 Å². The van der Waals surface area contributed by atoms with E-state index >= 15 is 0 Å². The lowest BCUT2D eigenvalue weighted by molar-refractivity contribution is 0.0341. The fourth-order valence-electron chi connectivity index (χ4n) is 6.41. The molecule has 6 rings (SSSR count). The SMILES string of the molecule is CC.CC(=N)c1ncc(N2CCC3C(C2)C3(CNC(=O)OCc2ccccc2)c2cc(C)on2)nc1NC1CCCCO1. The Hall–Kier alpha value is -3.99. The number of nitrogens with zero attached hydrogens (tertiary/aromatic N) is 4. The van der Waals surface area contributed by atoms with Crippen molar-refractivity contribution in [3.63, 3.8) is 0 Å². The second-order valence-corrected chi connectivity index (χ2v) is 11.3. The summed E-state index contributed by atoms with van der Waals surface area (Å²) in [5.74, 6) is 2.69. The summed E-state index contributed by atoms with van der Waals surface area (Å²) in [5.41, 5.74) is 2.36. The fourth-order valence-corrected chi connectivity index (χ4v) is 6.41. The maximum absolute atomic E-state index is 12.7. The van der Waals surface area contributed by atoms with Crippen molar-refractivity contribution in [2.45, 2.75) is 71.6 Å². The predicted octanol–water partition coefficient (Wildman–Crippen LogP) is 5.45. The van der Waals surface area contributed by atoms with Crippen LogP contribution in [0.2, 0.25) is 0 Å². The van der Waals surface area contributed by atoms with E-state index < -0.39 is 6.09 Å². The van der Waals surface area contributed by atoms with E-state index in [-0.39, 0.29) is 24.2 Å². The molecule has 230 valence electrons. The van der Waals surface area contributed by atoms with Gasteiger partial charge in [-0.3, -0.25) is 0 Å². The van der Waals surface area contributed by atoms with Crippen LogP contribution in [0.3, 0.4) is 0 Å². The van der Waals surface area contributed by atoms with Crippen molar-refractivity contribution in [1.29, 1.82) is 5.41 Å². The number of amides is 1. The molecule has 1 amide bonds. The molecule has 3 N–H and O–H groups in total. The van der Waals surface area contributed by atoms with Crippen molar-refractivity contribution in [1.82, 2.24) is 20.4 Å². The Labute approximate surface area is 253 Å². The molecule has 2 saturated heterocycles. The highest BCUT2D eigenvalue weighted by Gasteiger charge is 2.68. The third kappa shape index (κ3) is 6.66. The summed E-state index contributed by atoms with van der Waals surface area (Å²) in [6.45, 7) is 10.5. The predicted molar refractivity (Wildman–Crippen MR) is 164 cm³/mol. The number of carbonyl (C=O) groups is 1. The van der Waals surface area contributed by atoms with Crippen molar-refractivity contribution < 1.29 is 18.8 Å². The molecular weight excluding hydrogens is 546 g/mol. The van der Waals surface area contributed by atoms with Crippen LogP contribution >= 0.6 is 0 Å². The highest BCUT2D eigenvalue weighted by Crippen LogP contribution is 2.63. The van der Waals surface area contributed by atoms with Gasteiger partial charge < -0.3 is 34.9 Å². The fraction of sp³-hybridized carbons (Fsp3) is 0.531. The third-order valence-electron chi connectivity index (χ3n) is 8.59.